The minimum absolute atomic E-state index is 0.0839. The van der Waals surface area contributed by atoms with E-state index >= 15 is 0 Å². The predicted molar refractivity (Wildman–Crippen MR) is 102 cm³/mol. The van der Waals surface area contributed by atoms with E-state index in [9.17, 15) is 13.2 Å². The molecular weight excluding hydrogens is 424 g/mol. The van der Waals surface area contributed by atoms with Gasteiger partial charge in [0.25, 0.3) is 15.9 Å². The van der Waals surface area contributed by atoms with Gasteiger partial charge in [0, 0.05) is 9.35 Å². The van der Waals surface area contributed by atoms with Crippen molar-refractivity contribution in [2.75, 3.05) is 0 Å². The van der Waals surface area contributed by atoms with Crippen molar-refractivity contribution in [1.82, 2.24) is 10.3 Å². The topological polar surface area (TPSA) is 75.3 Å². The average molecular weight is 443 g/mol. The fraction of sp³-hybridized carbons (Fsp3) is 0.353. The van der Waals surface area contributed by atoms with Gasteiger partial charge in [-0.1, -0.05) is 34.8 Å². The maximum Gasteiger partial charge on any atom is 0.276 e. The Balaban J connectivity index is 1.69. The van der Waals surface area contributed by atoms with E-state index in [1.54, 1.807) is 12.1 Å². The summed E-state index contributed by atoms with van der Waals surface area (Å²) in [6.45, 7) is 0. The first-order valence-corrected chi connectivity index (χ1v) is 11.2. The zero-order valence-electron chi connectivity index (χ0n) is 13.5. The predicted octanol–water partition coefficient (Wildman–Crippen LogP) is 3.79. The molecule has 1 heterocycles. The molecule has 1 aliphatic rings. The van der Waals surface area contributed by atoms with Gasteiger partial charge in [-0.25, -0.2) is 8.42 Å². The Morgan fingerprint density at radius 1 is 1.08 bits per heavy atom. The summed E-state index contributed by atoms with van der Waals surface area (Å²) in [5, 5.41) is 0. The van der Waals surface area contributed by atoms with Crippen LogP contribution in [-0.4, -0.2) is 14.3 Å². The molecule has 0 aliphatic heterocycles. The summed E-state index contributed by atoms with van der Waals surface area (Å²) in [6.07, 6.45) is 6.72. The number of thiophene rings is 1. The lowest BCUT2D eigenvalue weighted by molar-refractivity contribution is 0.0949. The van der Waals surface area contributed by atoms with Crippen molar-refractivity contribution in [3.05, 3.63) is 50.1 Å². The molecule has 134 valence electrons. The number of hydrazine groups is 1. The van der Waals surface area contributed by atoms with Gasteiger partial charge in [0.15, 0.2) is 0 Å². The summed E-state index contributed by atoms with van der Waals surface area (Å²) in [7, 11) is -3.81. The number of nitrogens with one attached hydrogen (secondary N) is 2. The molecule has 0 radical (unpaired) electrons. The van der Waals surface area contributed by atoms with Crippen molar-refractivity contribution in [2.45, 2.75) is 43.4 Å². The van der Waals surface area contributed by atoms with Crippen LogP contribution >= 0.6 is 27.3 Å². The fourth-order valence-corrected chi connectivity index (χ4v) is 5.41. The van der Waals surface area contributed by atoms with E-state index in [2.05, 4.69) is 26.2 Å². The number of rotatable bonds is 4. The molecule has 0 fully saturated rings. The minimum atomic E-state index is -3.81. The Kier molecular flexibility index (Phi) is 5.93. The largest absolute Gasteiger partial charge is 0.276 e. The summed E-state index contributed by atoms with van der Waals surface area (Å²) in [4.78, 5) is 16.4. The Morgan fingerprint density at radius 3 is 2.60 bits per heavy atom. The molecule has 5 nitrogen and oxygen atoms in total. The molecule has 0 saturated heterocycles. The third kappa shape index (κ3) is 4.69. The van der Waals surface area contributed by atoms with Crippen molar-refractivity contribution in [3.8, 4) is 0 Å². The number of hydrogen-bond acceptors (Lipinski definition) is 4. The highest BCUT2D eigenvalue weighted by molar-refractivity contribution is 9.10. The molecular formula is C17H19BrN2O3S2. The highest BCUT2D eigenvalue weighted by atomic mass is 79.9. The first-order valence-electron chi connectivity index (χ1n) is 8.15. The standard InChI is InChI=1S/C17H19BrN2O3S2/c18-13-7-5-8-14(11-13)25(22,23)20-19-17(21)16-10-12-6-3-1-2-4-9-15(12)24-16/h5,7-8,10-11,20H,1-4,6,9H2,(H,19,21). The molecule has 0 atom stereocenters. The van der Waals surface area contributed by atoms with Gasteiger partial charge < -0.3 is 0 Å². The molecule has 3 rings (SSSR count). The number of carbonyl (C=O) groups excluding carboxylic acids is 1. The van der Waals surface area contributed by atoms with E-state index < -0.39 is 15.9 Å². The van der Waals surface area contributed by atoms with Crippen molar-refractivity contribution in [1.29, 1.82) is 0 Å². The quantitative estimate of drug-likeness (QED) is 0.706. The van der Waals surface area contributed by atoms with Crippen molar-refractivity contribution in [3.63, 3.8) is 0 Å². The second-order valence-electron chi connectivity index (χ2n) is 5.99. The van der Waals surface area contributed by atoms with E-state index in [0.717, 1.165) is 25.7 Å². The smallest absolute Gasteiger partial charge is 0.273 e. The van der Waals surface area contributed by atoms with Gasteiger partial charge >= 0.3 is 0 Å². The number of sulfonamides is 1. The molecule has 0 bridgehead atoms. The van der Waals surface area contributed by atoms with E-state index in [1.807, 2.05) is 6.07 Å². The first-order chi connectivity index (χ1) is 12.0. The van der Waals surface area contributed by atoms with Gasteiger partial charge in [-0.3, -0.25) is 10.2 Å². The van der Waals surface area contributed by atoms with Crippen LogP contribution in [0.1, 0.15) is 45.8 Å². The highest BCUT2D eigenvalue weighted by Gasteiger charge is 2.19. The lowest BCUT2D eigenvalue weighted by Crippen LogP contribution is -2.41. The van der Waals surface area contributed by atoms with Gasteiger partial charge in [-0.15, -0.1) is 16.2 Å². The number of aryl methyl sites for hydroxylation is 2. The number of halogens is 1. The molecule has 8 heteroatoms. The van der Waals surface area contributed by atoms with Crippen LogP contribution in [0, 0.1) is 0 Å². The molecule has 1 aliphatic carbocycles. The maximum absolute atomic E-state index is 12.3. The zero-order chi connectivity index (χ0) is 17.9. The summed E-state index contributed by atoms with van der Waals surface area (Å²) in [5.41, 5.74) is 3.54. The number of amides is 1. The summed E-state index contributed by atoms with van der Waals surface area (Å²) < 4.78 is 25.2. The van der Waals surface area contributed by atoms with Gasteiger partial charge in [-0.05, 0) is 55.5 Å². The molecule has 25 heavy (non-hydrogen) atoms. The summed E-state index contributed by atoms with van der Waals surface area (Å²) in [6, 6.07) is 8.20. The van der Waals surface area contributed by atoms with E-state index in [1.165, 1.54) is 46.8 Å². The number of hydrogen-bond donors (Lipinski definition) is 2. The van der Waals surface area contributed by atoms with Crippen LogP contribution in [-0.2, 0) is 22.9 Å². The van der Waals surface area contributed by atoms with Crippen molar-refractivity contribution < 1.29 is 13.2 Å². The number of fused-ring (bicyclic) bond motifs is 1. The maximum atomic E-state index is 12.3. The Labute approximate surface area is 160 Å². The monoisotopic (exact) mass is 442 g/mol. The highest BCUT2D eigenvalue weighted by Crippen LogP contribution is 2.28. The van der Waals surface area contributed by atoms with Gasteiger partial charge in [-0.2, -0.15) is 0 Å². The van der Waals surface area contributed by atoms with Crippen LogP contribution in [0.5, 0.6) is 0 Å². The van der Waals surface area contributed by atoms with E-state index in [-0.39, 0.29) is 4.90 Å². The normalized spacial score (nSPS) is 15.1. The third-order valence-electron chi connectivity index (χ3n) is 4.13. The molecule has 1 aromatic carbocycles. The van der Waals surface area contributed by atoms with Crippen LogP contribution < -0.4 is 10.3 Å². The van der Waals surface area contributed by atoms with Crippen LogP contribution in [0.25, 0.3) is 0 Å². The van der Waals surface area contributed by atoms with Gasteiger partial charge in [0.1, 0.15) is 0 Å². The zero-order valence-corrected chi connectivity index (χ0v) is 16.8. The van der Waals surface area contributed by atoms with Crippen LogP contribution in [0.2, 0.25) is 0 Å². The molecule has 0 saturated carbocycles. The fourth-order valence-electron chi connectivity index (χ4n) is 2.82. The van der Waals surface area contributed by atoms with Crippen LogP contribution in [0.4, 0.5) is 0 Å². The Morgan fingerprint density at radius 2 is 1.84 bits per heavy atom. The molecule has 2 N–H and O–H groups in total. The third-order valence-corrected chi connectivity index (χ3v) is 7.10. The molecule has 0 unspecified atom stereocenters. The lowest BCUT2D eigenvalue weighted by atomic mass is 10.00. The molecule has 1 aromatic heterocycles. The van der Waals surface area contributed by atoms with E-state index in [0.29, 0.717) is 9.35 Å². The van der Waals surface area contributed by atoms with Crippen molar-refractivity contribution in [2.24, 2.45) is 0 Å². The molecule has 0 spiro atoms. The molecule has 1 amide bonds. The Bertz CT molecular complexity index is 852. The minimum Gasteiger partial charge on any atom is -0.273 e. The number of carbonyl (C=O) groups is 1. The Hall–Kier alpha value is -1.22. The average Bonchev–Trinajstić information content (AvgIpc) is 2.95. The second-order valence-corrected chi connectivity index (χ2v) is 9.73. The number of benzene rings is 1. The van der Waals surface area contributed by atoms with E-state index in [4.69, 9.17) is 0 Å². The van der Waals surface area contributed by atoms with Crippen LogP contribution in [0.3, 0.4) is 0 Å². The molecule has 2 aromatic rings. The van der Waals surface area contributed by atoms with Crippen molar-refractivity contribution >= 4 is 43.2 Å². The second kappa shape index (κ2) is 7.99. The van der Waals surface area contributed by atoms with Gasteiger partial charge in [0.05, 0.1) is 9.77 Å². The summed E-state index contributed by atoms with van der Waals surface area (Å²) >= 11 is 4.70. The summed E-state index contributed by atoms with van der Waals surface area (Å²) in [5.74, 6) is -0.421. The first kappa shape index (κ1) is 18.6. The van der Waals surface area contributed by atoms with Crippen LogP contribution in [0.15, 0.2) is 39.7 Å². The SMILES string of the molecule is O=C(NNS(=O)(=O)c1cccc(Br)c1)c1cc2c(s1)CCCCCC2. The lowest BCUT2D eigenvalue weighted by Gasteiger charge is -2.07. The van der Waals surface area contributed by atoms with Gasteiger partial charge in [0.2, 0.25) is 0 Å².